The van der Waals surface area contributed by atoms with Gasteiger partial charge in [0.1, 0.15) is 12.4 Å². The van der Waals surface area contributed by atoms with Crippen molar-refractivity contribution >= 4 is 11.9 Å². The molecule has 0 amide bonds. The second-order valence-corrected chi connectivity index (χ2v) is 4.87. The normalized spacial score (nSPS) is 11.4. The SMILES string of the molecule is COC(=O)C(C)OC(=O)c1ccc(OCc2ccccc2)cc1. The third-order valence-electron chi connectivity index (χ3n) is 3.16. The molecule has 0 fully saturated rings. The Morgan fingerprint density at radius 2 is 1.65 bits per heavy atom. The summed E-state index contributed by atoms with van der Waals surface area (Å²) in [7, 11) is 1.24. The van der Waals surface area contributed by atoms with Gasteiger partial charge in [0.15, 0.2) is 6.10 Å². The van der Waals surface area contributed by atoms with E-state index < -0.39 is 18.0 Å². The van der Waals surface area contributed by atoms with Crippen molar-refractivity contribution in [2.75, 3.05) is 7.11 Å². The molecule has 0 N–H and O–H groups in total. The van der Waals surface area contributed by atoms with Crippen LogP contribution in [0.1, 0.15) is 22.8 Å². The van der Waals surface area contributed by atoms with Crippen LogP contribution in [-0.2, 0) is 20.9 Å². The lowest BCUT2D eigenvalue weighted by Crippen LogP contribution is -2.25. The van der Waals surface area contributed by atoms with E-state index in [-0.39, 0.29) is 0 Å². The summed E-state index contributed by atoms with van der Waals surface area (Å²) in [6, 6.07) is 16.3. The van der Waals surface area contributed by atoms with Gasteiger partial charge in [-0.05, 0) is 36.8 Å². The zero-order chi connectivity index (χ0) is 16.7. The first-order valence-corrected chi connectivity index (χ1v) is 7.15. The molecule has 23 heavy (non-hydrogen) atoms. The molecule has 0 radical (unpaired) electrons. The summed E-state index contributed by atoms with van der Waals surface area (Å²) >= 11 is 0. The summed E-state index contributed by atoms with van der Waals surface area (Å²) in [6.07, 6.45) is -0.943. The highest BCUT2D eigenvalue weighted by Crippen LogP contribution is 2.15. The van der Waals surface area contributed by atoms with Gasteiger partial charge in [-0.25, -0.2) is 9.59 Å². The molecule has 0 aromatic heterocycles. The van der Waals surface area contributed by atoms with E-state index in [1.807, 2.05) is 30.3 Å². The molecule has 2 aromatic rings. The van der Waals surface area contributed by atoms with E-state index >= 15 is 0 Å². The fourth-order valence-corrected chi connectivity index (χ4v) is 1.87. The van der Waals surface area contributed by atoms with Crippen molar-refractivity contribution < 1.29 is 23.8 Å². The molecule has 120 valence electrons. The Balaban J connectivity index is 1.91. The number of methoxy groups -OCH3 is 1. The van der Waals surface area contributed by atoms with E-state index in [1.54, 1.807) is 24.3 Å². The van der Waals surface area contributed by atoms with Crippen LogP contribution < -0.4 is 4.74 Å². The van der Waals surface area contributed by atoms with Crippen LogP contribution in [0.4, 0.5) is 0 Å². The van der Waals surface area contributed by atoms with Gasteiger partial charge in [-0.15, -0.1) is 0 Å². The van der Waals surface area contributed by atoms with Gasteiger partial charge in [-0.3, -0.25) is 0 Å². The predicted molar refractivity (Wildman–Crippen MR) is 84.1 cm³/mol. The largest absolute Gasteiger partial charge is 0.489 e. The van der Waals surface area contributed by atoms with Crippen LogP contribution in [0.25, 0.3) is 0 Å². The molecule has 0 spiro atoms. The molecule has 0 aliphatic rings. The molecule has 1 atom stereocenters. The van der Waals surface area contributed by atoms with Crippen LogP contribution in [0.3, 0.4) is 0 Å². The molecule has 2 aromatic carbocycles. The van der Waals surface area contributed by atoms with Gasteiger partial charge in [0.2, 0.25) is 0 Å². The molecule has 0 saturated carbocycles. The molecule has 0 saturated heterocycles. The standard InChI is InChI=1S/C18H18O5/c1-13(17(19)21-2)23-18(20)15-8-10-16(11-9-15)22-12-14-6-4-3-5-7-14/h3-11,13H,12H2,1-2H3. The summed E-state index contributed by atoms with van der Waals surface area (Å²) < 4.78 is 15.1. The van der Waals surface area contributed by atoms with Gasteiger partial charge in [-0.1, -0.05) is 30.3 Å². The summed E-state index contributed by atoms with van der Waals surface area (Å²) in [6.45, 7) is 1.91. The zero-order valence-electron chi connectivity index (χ0n) is 13.0. The molecule has 0 aliphatic heterocycles. The average Bonchev–Trinajstić information content (AvgIpc) is 2.60. The Morgan fingerprint density at radius 3 is 2.26 bits per heavy atom. The number of carbonyl (C=O) groups excluding carboxylic acids is 2. The Morgan fingerprint density at radius 1 is 1.00 bits per heavy atom. The second kappa shape index (κ2) is 7.98. The predicted octanol–water partition coefficient (Wildman–Crippen LogP) is 2.98. The van der Waals surface area contributed by atoms with Crippen molar-refractivity contribution in [3.8, 4) is 5.75 Å². The van der Waals surface area contributed by atoms with E-state index in [4.69, 9.17) is 9.47 Å². The quantitative estimate of drug-likeness (QED) is 0.767. The lowest BCUT2D eigenvalue weighted by molar-refractivity contribution is -0.149. The molecular weight excluding hydrogens is 296 g/mol. The average molecular weight is 314 g/mol. The lowest BCUT2D eigenvalue weighted by atomic mass is 10.2. The van der Waals surface area contributed by atoms with Crippen molar-refractivity contribution in [3.05, 3.63) is 65.7 Å². The van der Waals surface area contributed by atoms with Crippen LogP contribution in [0, 0.1) is 0 Å². The highest BCUT2D eigenvalue weighted by molar-refractivity contribution is 5.91. The Labute approximate surface area is 134 Å². The van der Waals surface area contributed by atoms with Gasteiger partial charge in [0, 0.05) is 0 Å². The minimum Gasteiger partial charge on any atom is -0.489 e. The summed E-state index contributed by atoms with van der Waals surface area (Å²) in [5, 5.41) is 0. The maximum absolute atomic E-state index is 11.9. The molecule has 0 aliphatic carbocycles. The van der Waals surface area contributed by atoms with Crippen molar-refractivity contribution in [1.82, 2.24) is 0 Å². The van der Waals surface area contributed by atoms with E-state index in [0.29, 0.717) is 17.9 Å². The van der Waals surface area contributed by atoms with Gasteiger partial charge >= 0.3 is 11.9 Å². The summed E-state index contributed by atoms with van der Waals surface area (Å²) in [5.41, 5.74) is 1.40. The van der Waals surface area contributed by atoms with E-state index in [9.17, 15) is 9.59 Å². The smallest absolute Gasteiger partial charge is 0.346 e. The van der Waals surface area contributed by atoms with E-state index in [1.165, 1.54) is 14.0 Å². The first-order valence-electron chi connectivity index (χ1n) is 7.15. The monoisotopic (exact) mass is 314 g/mol. The fraction of sp³-hybridized carbons (Fsp3) is 0.222. The fourth-order valence-electron chi connectivity index (χ4n) is 1.87. The number of carbonyl (C=O) groups is 2. The lowest BCUT2D eigenvalue weighted by Gasteiger charge is -2.11. The third kappa shape index (κ3) is 4.85. The molecule has 5 heteroatoms. The number of ether oxygens (including phenoxy) is 3. The molecule has 5 nitrogen and oxygen atoms in total. The van der Waals surface area contributed by atoms with Gasteiger partial charge in [0.05, 0.1) is 12.7 Å². The molecular formula is C18H18O5. The van der Waals surface area contributed by atoms with Crippen molar-refractivity contribution in [3.63, 3.8) is 0 Å². The highest BCUT2D eigenvalue weighted by atomic mass is 16.6. The molecule has 1 unspecified atom stereocenters. The first-order chi connectivity index (χ1) is 11.1. The Hall–Kier alpha value is -2.82. The number of esters is 2. The molecule has 2 rings (SSSR count). The second-order valence-electron chi connectivity index (χ2n) is 4.87. The maximum Gasteiger partial charge on any atom is 0.346 e. The van der Waals surface area contributed by atoms with Crippen molar-refractivity contribution in [2.24, 2.45) is 0 Å². The highest BCUT2D eigenvalue weighted by Gasteiger charge is 2.19. The number of benzene rings is 2. The van der Waals surface area contributed by atoms with Crippen LogP contribution in [0.2, 0.25) is 0 Å². The minimum absolute atomic E-state index is 0.341. The number of rotatable bonds is 6. The summed E-state index contributed by atoms with van der Waals surface area (Å²) in [4.78, 5) is 23.1. The van der Waals surface area contributed by atoms with Gasteiger partial charge in [0.25, 0.3) is 0 Å². The third-order valence-corrected chi connectivity index (χ3v) is 3.16. The van der Waals surface area contributed by atoms with Crippen LogP contribution in [-0.4, -0.2) is 25.2 Å². The van der Waals surface area contributed by atoms with E-state index in [0.717, 1.165) is 5.56 Å². The Kier molecular flexibility index (Phi) is 5.74. The van der Waals surface area contributed by atoms with Crippen LogP contribution in [0.5, 0.6) is 5.75 Å². The minimum atomic E-state index is -0.943. The number of hydrogen-bond acceptors (Lipinski definition) is 5. The van der Waals surface area contributed by atoms with Crippen molar-refractivity contribution in [1.29, 1.82) is 0 Å². The summed E-state index contributed by atoms with van der Waals surface area (Å²) in [5.74, 6) is -0.537. The zero-order valence-corrected chi connectivity index (χ0v) is 13.0. The molecule has 0 bridgehead atoms. The maximum atomic E-state index is 11.9. The van der Waals surface area contributed by atoms with Gasteiger partial charge in [-0.2, -0.15) is 0 Å². The van der Waals surface area contributed by atoms with Crippen molar-refractivity contribution in [2.45, 2.75) is 19.6 Å². The van der Waals surface area contributed by atoms with Crippen LogP contribution >= 0.6 is 0 Å². The van der Waals surface area contributed by atoms with Crippen LogP contribution in [0.15, 0.2) is 54.6 Å². The molecule has 0 heterocycles. The topological polar surface area (TPSA) is 61.8 Å². The number of hydrogen-bond donors (Lipinski definition) is 0. The Bertz CT molecular complexity index is 649. The van der Waals surface area contributed by atoms with E-state index in [2.05, 4.69) is 4.74 Å². The first kappa shape index (κ1) is 16.5. The van der Waals surface area contributed by atoms with Gasteiger partial charge < -0.3 is 14.2 Å².